The van der Waals surface area contributed by atoms with Crippen molar-refractivity contribution in [3.8, 4) is 5.88 Å². The Labute approximate surface area is 113 Å². The van der Waals surface area contributed by atoms with Gasteiger partial charge >= 0.3 is 5.97 Å². The Bertz CT molecular complexity index is 468. The second kappa shape index (κ2) is 5.91. The lowest BCUT2D eigenvalue weighted by Gasteiger charge is -2.13. The van der Waals surface area contributed by atoms with Gasteiger partial charge in [-0.2, -0.15) is 5.10 Å². The van der Waals surface area contributed by atoms with Gasteiger partial charge in [-0.1, -0.05) is 40.7 Å². The third-order valence-electron chi connectivity index (χ3n) is 2.25. The molecule has 1 heterocycles. The summed E-state index contributed by atoms with van der Waals surface area (Å²) in [6.07, 6.45) is 5.00. The summed E-state index contributed by atoms with van der Waals surface area (Å²) >= 11 is 0. The Kier molecular flexibility index (Phi) is 4.75. The molecule has 0 aliphatic rings. The SMILES string of the molecule is CC(C)COc1c(C(=O)O)cnn1/C=C/C(C)(C)C. The van der Waals surface area contributed by atoms with Gasteiger partial charge in [0.15, 0.2) is 0 Å². The first kappa shape index (κ1) is 15.3. The highest BCUT2D eigenvalue weighted by Gasteiger charge is 2.18. The largest absolute Gasteiger partial charge is 0.477 e. The van der Waals surface area contributed by atoms with E-state index in [0.717, 1.165) is 0 Å². The number of nitrogens with zero attached hydrogens (tertiary/aromatic N) is 2. The molecule has 5 nitrogen and oxygen atoms in total. The fraction of sp³-hybridized carbons (Fsp3) is 0.571. The lowest BCUT2D eigenvalue weighted by atomic mass is 9.97. The van der Waals surface area contributed by atoms with Crippen LogP contribution in [0.4, 0.5) is 0 Å². The minimum Gasteiger partial charge on any atom is -0.477 e. The average molecular weight is 266 g/mol. The maximum Gasteiger partial charge on any atom is 0.342 e. The van der Waals surface area contributed by atoms with E-state index in [1.54, 1.807) is 6.20 Å². The van der Waals surface area contributed by atoms with Crippen LogP contribution < -0.4 is 4.74 Å². The lowest BCUT2D eigenvalue weighted by Crippen LogP contribution is -2.10. The highest BCUT2D eigenvalue weighted by molar-refractivity contribution is 5.90. The molecule has 0 unspecified atom stereocenters. The summed E-state index contributed by atoms with van der Waals surface area (Å²) in [6, 6.07) is 0. The zero-order valence-electron chi connectivity index (χ0n) is 12.2. The van der Waals surface area contributed by atoms with Crippen molar-refractivity contribution in [2.24, 2.45) is 11.3 Å². The number of aromatic nitrogens is 2. The number of hydrogen-bond donors (Lipinski definition) is 1. The third-order valence-corrected chi connectivity index (χ3v) is 2.25. The molecule has 1 N–H and O–H groups in total. The summed E-state index contributed by atoms with van der Waals surface area (Å²) in [7, 11) is 0. The molecule has 5 heteroatoms. The van der Waals surface area contributed by atoms with Gasteiger partial charge in [-0.3, -0.25) is 0 Å². The standard InChI is InChI=1S/C14H22N2O3/c1-10(2)9-19-12-11(13(17)18)8-15-16(12)7-6-14(3,4)5/h6-8,10H,9H2,1-5H3,(H,17,18)/b7-6+. The predicted octanol–water partition coefficient (Wildman–Crippen LogP) is 3.13. The van der Waals surface area contributed by atoms with Crippen LogP contribution in [-0.2, 0) is 0 Å². The highest BCUT2D eigenvalue weighted by Crippen LogP contribution is 2.22. The zero-order valence-corrected chi connectivity index (χ0v) is 12.2. The highest BCUT2D eigenvalue weighted by atomic mass is 16.5. The predicted molar refractivity (Wildman–Crippen MR) is 74.3 cm³/mol. The molecule has 0 fully saturated rings. The Morgan fingerprint density at radius 3 is 2.63 bits per heavy atom. The summed E-state index contributed by atoms with van der Waals surface area (Å²) in [5.41, 5.74) is 0.0733. The van der Waals surface area contributed by atoms with Crippen LogP contribution in [0.3, 0.4) is 0 Å². The molecule has 1 rings (SSSR count). The second-order valence-electron chi connectivity index (χ2n) is 6.00. The molecule has 0 saturated heterocycles. The number of hydrogen-bond acceptors (Lipinski definition) is 3. The normalized spacial score (nSPS) is 12.3. The molecular formula is C14H22N2O3. The van der Waals surface area contributed by atoms with E-state index in [9.17, 15) is 4.79 Å². The van der Waals surface area contributed by atoms with E-state index in [4.69, 9.17) is 9.84 Å². The Morgan fingerprint density at radius 1 is 1.53 bits per heavy atom. The van der Waals surface area contributed by atoms with E-state index in [2.05, 4.69) is 25.9 Å². The minimum absolute atomic E-state index is 0.00927. The van der Waals surface area contributed by atoms with E-state index in [0.29, 0.717) is 12.5 Å². The monoisotopic (exact) mass is 266 g/mol. The van der Waals surface area contributed by atoms with Crippen LogP contribution in [0, 0.1) is 11.3 Å². The number of allylic oxidation sites excluding steroid dienone is 1. The maximum absolute atomic E-state index is 11.1. The lowest BCUT2D eigenvalue weighted by molar-refractivity contribution is 0.0691. The number of ether oxygens (including phenoxy) is 1. The van der Waals surface area contributed by atoms with Gasteiger partial charge in [-0.15, -0.1) is 0 Å². The topological polar surface area (TPSA) is 64.3 Å². The van der Waals surface area contributed by atoms with Gasteiger partial charge in [0.05, 0.1) is 12.8 Å². The van der Waals surface area contributed by atoms with Crippen LogP contribution in [0.2, 0.25) is 0 Å². The van der Waals surface area contributed by atoms with Gasteiger partial charge in [0, 0.05) is 6.20 Å². The second-order valence-corrected chi connectivity index (χ2v) is 6.00. The number of carboxylic acids is 1. The number of rotatable bonds is 5. The van der Waals surface area contributed by atoms with Crippen molar-refractivity contribution in [2.75, 3.05) is 6.61 Å². The Hall–Kier alpha value is -1.78. The van der Waals surface area contributed by atoms with Gasteiger partial charge in [-0.05, 0) is 11.3 Å². The van der Waals surface area contributed by atoms with Crippen LogP contribution in [0.1, 0.15) is 45.0 Å². The minimum atomic E-state index is -1.03. The van der Waals surface area contributed by atoms with E-state index in [1.165, 1.54) is 10.9 Å². The van der Waals surface area contributed by atoms with E-state index >= 15 is 0 Å². The van der Waals surface area contributed by atoms with Crippen molar-refractivity contribution in [3.63, 3.8) is 0 Å². The molecular weight excluding hydrogens is 244 g/mol. The van der Waals surface area contributed by atoms with Gasteiger partial charge in [-0.25, -0.2) is 9.48 Å². The molecule has 0 radical (unpaired) electrons. The van der Waals surface area contributed by atoms with Crippen LogP contribution in [0.25, 0.3) is 6.20 Å². The summed E-state index contributed by atoms with van der Waals surface area (Å²) in [4.78, 5) is 11.1. The summed E-state index contributed by atoms with van der Waals surface area (Å²) < 4.78 is 7.03. The number of carboxylic acid groups (broad SMARTS) is 1. The average Bonchev–Trinajstić information content (AvgIpc) is 2.65. The van der Waals surface area contributed by atoms with Crippen molar-refractivity contribution in [2.45, 2.75) is 34.6 Å². The number of aromatic carboxylic acids is 1. The van der Waals surface area contributed by atoms with Crippen LogP contribution >= 0.6 is 0 Å². The smallest absolute Gasteiger partial charge is 0.342 e. The number of carbonyl (C=O) groups is 1. The van der Waals surface area contributed by atoms with Crippen molar-refractivity contribution in [1.82, 2.24) is 9.78 Å². The fourth-order valence-corrected chi connectivity index (χ4v) is 1.29. The molecule has 0 spiro atoms. The summed E-state index contributed by atoms with van der Waals surface area (Å²) in [5, 5.41) is 13.2. The molecule has 0 aliphatic carbocycles. The van der Waals surface area contributed by atoms with Gasteiger partial charge in [0.2, 0.25) is 5.88 Å². The van der Waals surface area contributed by atoms with E-state index in [1.807, 2.05) is 19.9 Å². The van der Waals surface area contributed by atoms with Crippen LogP contribution in [0.5, 0.6) is 5.88 Å². The first-order valence-corrected chi connectivity index (χ1v) is 6.33. The molecule has 0 atom stereocenters. The molecule has 0 aromatic carbocycles. The quantitative estimate of drug-likeness (QED) is 0.889. The van der Waals surface area contributed by atoms with Gasteiger partial charge in [0.1, 0.15) is 5.56 Å². The summed E-state index contributed by atoms with van der Waals surface area (Å²) in [6.45, 7) is 10.6. The Morgan fingerprint density at radius 2 is 2.16 bits per heavy atom. The van der Waals surface area contributed by atoms with E-state index in [-0.39, 0.29) is 16.9 Å². The molecule has 0 amide bonds. The molecule has 1 aromatic rings. The maximum atomic E-state index is 11.1. The molecule has 19 heavy (non-hydrogen) atoms. The third kappa shape index (κ3) is 4.77. The van der Waals surface area contributed by atoms with Crippen LogP contribution in [-0.4, -0.2) is 27.5 Å². The molecule has 0 bridgehead atoms. The zero-order chi connectivity index (χ0) is 14.6. The van der Waals surface area contributed by atoms with Crippen LogP contribution in [0.15, 0.2) is 12.3 Å². The Balaban J connectivity index is 3.04. The first-order chi connectivity index (χ1) is 8.70. The molecule has 0 saturated carbocycles. The molecule has 106 valence electrons. The summed E-state index contributed by atoms with van der Waals surface area (Å²) in [5.74, 6) is -0.438. The first-order valence-electron chi connectivity index (χ1n) is 6.33. The fourth-order valence-electron chi connectivity index (χ4n) is 1.29. The van der Waals surface area contributed by atoms with Crippen molar-refractivity contribution >= 4 is 12.2 Å². The van der Waals surface area contributed by atoms with E-state index < -0.39 is 5.97 Å². The van der Waals surface area contributed by atoms with Crippen molar-refractivity contribution in [1.29, 1.82) is 0 Å². The van der Waals surface area contributed by atoms with Gasteiger partial charge < -0.3 is 9.84 Å². The van der Waals surface area contributed by atoms with Gasteiger partial charge in [0.25, 0.3) is 0 Å². The van der Waals surface area contributed by atoms with Crippen molar-refractivity contribution < 1.29 is 14.6 Å². The molecule has 0 aliphatic heterocycles. The molecule has 1 aromatic heterocycles. The van der Waals surface area contributed by atoms with Crippen molar-refractivity contribution in [3.05, 3.63) is 17.8 Å².